The molecule has 3 atom stereocenters. The Bertz CT molecular complexity index is 483. The Hall–Kier alpha value is -0.420. The van der Waals surface area contributed by atoms with Crippen molar-refractivity contribution in [3.05, 3.63) is 33.8 Å². The van der Waals surface area contributed by atoms with Crippen molar-refractivity contribution in [1.82, 2.24) is 0 Å². The van der Waals surface area contributed by atoms with Gasteiger partial charge < -0.3 is 14.6 Å². The van der Waals surface area contributed by atoms with Crippen molar-refractivity contribution < 1.29 is 14.6 Å². The lowest BCUT2D eigenvalue weighted by Gasteiger charge is -2.39. The number of halogens is 1. The van der Waals surface area contributed by atoms with Crippen LogP contribution in [0.2, 0.25) is 0 Å². The minimum absolute atomic E-state index is 0.146. The summed E-state index contributed by atoms with van der Waals surface area (Å²) < 4.78 is 12.5. The summed E-state index contributed by atoms with van der Waals surface area (Å²) >= 11 is 3.47. The first-order valence-corrected chi connectivity index (χ1v) is 8.05. The molecule has 0 bridgehead atoms. The highest BCUT2D eigenvalue weighted by Crippen LogP contribution is 2.41. The summed E-state index contributed by atoms with van der Waals surface area (Å²) in [6, 6.07) is 6.09. The van der Waals surface area contributed by atoms with E-state index in [9.17, 15) is 5.11 Å². The Balaban J connectivity index is 1.77. The van der Waals surface area contributed by atoms with E-state index in [0.29, 0.717) is 6.61 Å². The number of hydrogen-bond donors (Lipinski definition) is 1. The van der Waals surface area contributed by atoms with Crippen LogP contribution in [0.4, 0.5) is 0 Å². The van der Waals surface area contributed by atoms with Gasteiger partial charge in [0.1, 0.15) is 0 Å². The molecule has 3 nitrogen and oxygen atoms in total. The van der Waals surface area contributed by atoms with Crippen LogP contribution in [0.1, 0.15) is 36.5 Å². The van der Waals surface area contributed by atoms with Gasteiger partial charge in [-0.2, -0.15) is 0 Å². The summed E-state index contributed by atoms with van der Waals surface area (Å²) in [6.07, 6.45) is 2.35. The molecule has 0 aromatic heterocycles. The monoisotopic (exact) mass is 340 g/mol. The molecule has 0 amide bonds. The van der Waals surface area contributed by atoms with Crippen LogP contribution in [0.15, 0.2) is 22.7 Å². The van der Waals surface area contributed by atoms with Crippen LogP contribution in [0.5, 0.6) is 0 Å². The zero-order valence-electron chi connectivity index (χ0n) is 11.8. The molecule has 1 aromatic rings. The number of benzene rings is 1. The molecule has 110 valence electrons. The lowest BCUT2D eigenvalue weighted by molar-refractivity contribution is -0.117. The standard InChI is InChI=1S/C16H21BrO3/c1-11-8-13(17)2-3-14(11)15(18)12-4-6-20-16(9-12)5-7-19-10-16/h2-3,8,12,15,18H,4-7,9-10H2,1H3. The molecule has 2 heterocycles. The van der Waals surface area contributed by atoms with Crippen molar-refractivity contribution in [3.63, 3.8) is 0 Å². The maximum absolute atomic E-state index is 10.7. The van der Waals surface area contributed by atoms with Gasteiger partial charge in [0.15, 0.2) is 0 Å². The highest BCUT2D eigenvalue weighted by atomic mass is 79.9. The van der Waals surface area contributed by atoms with Gasteiger partial charge in [-0.25, -0.2) is 0 Å². The number of aryl methyl sites for hydroxylation is 1. The van der Waals surface area contributed by atoms with Gasteiger partial charge in [0, 0.05) is 24.1 Å². The highest BCUT2D eigenvalue weighted by molar-refractivity contribution is 9.10. The van der Waals surface area contributed by atoms with E-state index in [0.717, 1.165) is 48.1 Å². The third-order valence-corrected chi connectivity index (χ3v) is 5.09. The fraction of sp³-hybridized carbons (Fsp3) is 0.625. The van der Waals surface area contributed by atoms with E-state index in [1.165, 1.54) is 0 Å². The summed E-state index contributed by atoms with van der Waals surface area (Å²) in [5.41, 5.74) is 2.02. The SMILES string of the molecule is Cc1cc(Br)ccc1C(O)C1CCOC2(CCOC2)C1. The number of hydrogen-bond acceptors (Lipinski definition) is 3. The lowest BCUT2D eigenvalue weighted by Crippen LogP contribution is -2.41. The van der Waals surface area contributed by atoms with Crippen LogP contribution in [0.3, 0.4) is 0 Å². The number of ether oxygens (including phenoxy) is 2. The predicted molar refractivity (Wildman–Crippen MR) is 80.7 cm³/mol. The fourth-order valence-corrected chi connectivity index (χ4v) is 3.90. The van der Waals surface area contributed by atoms with Crippen molar-refractivity contribution in [1.29, 1.82) is 0 Å². The van der Waals surface area contributed by atoms with E-state index in [1.807, 2.05) is 12.1 Å². The molecule has 0 saturated carbocycles. The molecule has 2 fully saturated rings. The van der Waals surface area contributed by atoms with E-state index >= 15 is 0 Å². The van der Waals surface area contributed by atoms with Crippen LogP contribution in [-0.2, 0) is 9.47 Å². The number of aliphatic hydroxyl groups is 1. The minimum Gasteiger partial charge on any atom is -0.388 e. The smallest absolute Gasteiger partial charge is 0.0940 e. The first kappa shape index (κ1) is 14.5. The summed E-state index contributed by atoms with van der Waals surface area (Å²) in [5.74, 6) is 0.255. The molecule has 0 radical (unpaired) electrons. The molecule has 0 aliphatic carbocycles. The van der Waals surface area contributed by atoms with Crippen LogP contribution < -0.4 is 0 Å². The van der Waals surface area contributed by atoms with Gasteiger partial charge in [-0.05, 0) is 48.9 Å². The summed E-state index contributed by atoms with van der Waals surface area (Å²) in [4.78, 5) is 0. The van der Waals surface area contributed by atoms with Crippen LogP contribution in [0, 0.1) is 12.8 Å². The summed E-state index contributed by atoms with van der Waals surface area (Å²) in [6.45, 7) is 4.23. The molecule has 1 spiro atoms. The van der Waals surface area contributed by atoms with Crippen molar-refractivity contribution in [2.75, 3.05) is 19.8 Å². The van der Waals surface area contributed by atoms with Gasteiger partial charge in [-0.15, -0.1) is 0 Å². The molecule has 2 aliphatic heterocycles. The fourth-order valence-electron chi connectivity index (χ4n) is 3.42. The van der Waals surface area contributed by atoms with Gasteiger partial charge in [-0.1, -0.05) is 22.0 Å². The van der Waals surface area contributed by atoms with Crippen molar-refractivity contribution in [2.24, 2.45) is 5.92 Å². The quantitative estimate of drug-likeness (QED) is 0.896. The van der Waals surface area contributed by atoms with E-state index in [1.54, 1.807) is 0 Å². The largest absolute Gasteiger partial charge is 0.388 e. The van der Waals surface area contributed by atoms with Crippen LogP contribution in [0.25, 0.3) is 0 Å². The van der Waals surface area contributed by atoms with Gasteiger partial charge >= 0.3 is 0 Å². The average Bonchev–Trinajstić information content (AvgIpc) is 2.86. The molecule has 1 aromatic carbocycles. The second-order valence-corrected chi connectivity index (χ2v) is 6.95. The molecular formula is C16H21BrO3. The topological polar surface area (TPSA) is 38.7 Å². The summed E-state index contributed by atoms with van der Waals surface area (Å²) in [7, 11) is 0. The van der Waals surface area contributed by atoms with E-state index < -0.39 is 6.10 Å². The maximum Gasteiger partial charge on any atom is 0.0940 e. The Labute approximate surface area is 128 Å². The first-order chi connectivity index (χ1) is 9.60. The summed E-state index contributed by atoms with van der Waals surface area (Å²) in [5, 5.41) is 10.7. The molecular weight excluding hydrogens is 320 g/mol. The maximum atomic E-state index is 10.7. The Morgan fingerprint density at radius 1 is 1.40 bits per heavy atom. The van der Waals surface area contributed by atoms with Crippen molar-refractivity contribution >= 4 is 15.9 Å². The van der Waals surface area contributed by atoms with E-state index in [2.05, 4.69) is 28.9 Å². The number of rotatable bonds is 2. The molecule has 1 N–H and O–H groups in total. The Morgan fingerprint density at radius 2 is 2.25 bits per heavy atom. The van der Waals surface area contributed by atoms with Gasteiger partial charge in [-0.3, -0.25) is 0 Å². The van der Waals surface area contributed by atoms with Crippen LogP contribution in [-0.4, -0.2) is 30.5 Å². The van der Waals surface area contributed by atoms with Crippen molar-refractivity contribution in [3.8, 4) is 0 Å². The first-order valence-electron chi connectivity index (χ1n) is 7.25. The Morgan fingerprint density at radius 3 is 2.95 bits per heavy atom. The van der Waals surface area contributed by atoms with Crippen LogP contribution >= 0.6 is 15.9 Å². The molecule has 4 heteroatoms. The molecule has 3 unspecified atom stereocenters. The number of aliphatic hydroxyl groups excluding tert-OH is 1. The second-order valence-electron chi connectivity index (χ2n) is 6.03. The molecule has 3 rings (SSSR count). The minimum atomic E-state index is -0.413. The van der Waals surface area contributed by atoms with Gasteiger partial charge in [0.05, 0.1) is 18.3 Å². The van der Waals surface area contributed by atoms with Gasteiger partial charge in [0.2, 0.25) is 0 Å². The molecule has 2 saturated heterocycles. The van der Waals surface area contributed by atoms with Gasteiger partial charge in [0.25, 0.3) is 0 Å². The molecule has 20 heavy (non-hydrogen) atoms. The third kappa shape index (κ3) is 2.80. The van der Waals surface area contributed by atoms with E-state index in [4.69, 9.17) is 9.47 Å². The predicted octanol–water partition coefficient (Wildman–Crippen LogP) is 3.38. The average molecular weight is 341 g/mol. The molecule has 2 aliphatic rings. The lowest BCUT2D eigenvalue weighted by atomic mass is 9.79. The second kappa shape index (κ2) is 5.76. The van der Waals surface area contributed by atoms with E-state index in [-0.39, 0.29) is 11.5 Å². The zero-order valence-corrected chi connectivity index (χ0v) is 13.4. The third-order valence-electron chi connectivity index (χ3n) is 4.60. The Kier molecular flexibility index (Phi) is 4.18. The normalized spacial score (nSPS) is 31.6. The zero-order chi connectivity index (χ0) is 14.2. The van der Waals surface area contributed by atoms with Crippen molar-refractivity contribution in [2.45, 2.75) is 37.9 Å². The highest BCUT2D eigenvalue weighted by Gasteiger charge is 2.43.